The summed E-state index contributed by atoms with van der Waals surface area (Å²) < 4.78 is 29.1. The number of benzene rings is 3. The second-order valence-corrected chi connectivity index (χ2v) is 12.3. The molecule has 3 aromatic rings. The highest BCUT2D eigenvalue weighted by Gasteiger charge is 2.33. The lowest BCUT2D eigenvalue weighted by molar-refractivity contribution is -0.139. The van der Waals surface area contributed by atoms with Gasteiger partial charge in [-0.05, 0) is 82.5 Å². The molecule has 0 unspecified atom stereocenters. The molecule has 9 heteroatoms. The maximum Gasteiger partial charge on any atom is 0.264 e. The van der Waals surface area contributed by atoms with Crippen LogP contribution in [0.5, 0.6) is 0 Å². The largest absolute Gasteiger partial charge is 0.352 e. The van der Waals surface area contributed by atoms with Crippen molar-refractivity contribution in [3.05, 3.63) is 94.0 Å². The van der Waals surface area contributed by atoms with Gasteiger partial charge in [0.2, 0.25) is 11.8 Å². The number of nitrogens with zero attached hydrogens (tertiary/aromatic N) is 2. The highest BCUT2D eigenvalue weighted by atomic mass is 35.5. The van der Waals surface area contributed by atoms with Gasteiger partial charge in [-0.3, -0.25) is 13.9 Å². The Hall–Kier alpha value is -3.36. The van der Waals surface area contributed by atoms with Crippen molar-refractivity contribution < 1.29 is 18.0 Å². The number of hydrogen-bond acceptors (Lipinski definition) is 4. The fourth-order valence-electron chi connectivity index (χ4n) is 4.14. The number of amides is 2. The third-order valence-corrected chi connectivity index (χ3v) is 8.56. The van der Waals surface area contributed by atoms with Crippen molar-refractivity contribution >= 4 is 39.1 Å². The molecule has 7 nitrogen and oxygen atoms in total. The van der Waals surface area contributed by atoms with Crippen LogP contribution in [0.15, 0.2) is 71.6 Å². The standard InChI is InChI=1S/C30H36ClN3O4S/c1-20(2)32-30(36)24(6)33(18-25-9-7-8-10-27(25)31)29(35)19-34(28-17-22(4)11-14-23(28)5)39(37,38)26-15-12-21(3)13-16-26/h7-17,20,24H,18-19H2,1-6H3,(H,32,36)/t24-/m1/s1. The summed E-state index contributed by atoms with van der Waals surface area (Å²) in [6.07, 6.45) is 0. The number of halogens is 1. The van der Waals surface area contributed by atoms with Crippen molar-refractivity contribution in [3.63, 3.8) is 0 Å². The van der Waals surface area contributed by atoms with Gasteiger partial charge in [-0.15, -0.1) is 0 Å². The molecule has 0 spiro atoms. The van der Waals surface area contributed by atoms with E-state index in [1.165, 1.54) is 17.0 Å². The molecule has 0 radical (unpaired) electrons. The quantitative estimate of drug-likeness (QED) is 0.354. The normalized spacial score (nSPS) is 12.2. The van der Waals surface area contributed by atoms with Gasteiger partial charge in [-0.2, -0.15) is 0 Å². The van der Waals surface area contributed by atoms with Crippen LogP contribution in [0, 0.1) is 20.8 Å². The van der Waals surface area contributed by atoms with Gasteiger partial charge in [-0.1, -0.05) is 59.6 Å². The van der Waals surface area contributed by atoms with Crippen molar-refractivity contribution in [2.75, 3.05) is 10.8 Å². The van der Waals surface area contributed by atoms with E-state index in [0.29, 0.717) is 21.8 Å². The van der Waals surface area contributed by atoms with Crippen molar-refractivity contribution in [1.29, 1.82) is 0 Å². The van der Waals surface area contributed by atoms with Crippen LogP contribution in [-0.4, -0.2) is 43.8 Å². The zero-order valence-electron chi connectivity index (χ0n) is 23.2. The third-order valence-electron chi connectivity index (χ3n) is 6.42. The Morgan fingerprint density at radius 2 is 1.51 bits per heavy atom. The predicted octanol–water partition coefficient (Wildman–Crippen LogP) is 5.40. The average molecular weight is 570 g/mol. The molecule has 39 heavy (non-hydrogen) atoms. The first kappa shape index (κ1) is 30.2. The van der Waals surface area contributed by atoms with E-state index in [0.717, 1.165) is 15.4 Å². The Morgan fingerprint density at radius 1 is 0.897 bits per heavy atom. The Kier molecular flexibility index (Phi) is 9.80. The number of carbonyl (C=O) groups is 2. The van der Waals surface area contributed by atoms with Crippen molar-refractivity contribution in [2.45, 2.75) is 65.1 Å². The second kappa shape index (κ2) is 12.7. The Bertz CT molecular complexity index is 1440. The summed E-state index contributed by atoms with van der Waals surface area (Å²) in [5.74, 6) is -0.872. The summed E-state index contributed by atoms with van der Waals surface area (Å²) in [4.78, 5) is 28.5. The Morgan fingerprint density at radius 3 is 2.13 bits per heavy atom. The molecular weight excluding hydrogens is 534 g/mol. The molecule has 0 aliphatic heterocycles. The maximum atomic E-state index is 14.0. The molecule has 0 aliphatic rings. The molecule has 3 aromatic carbocycles. The number of sulfonamides is 1. The Balaban J connectivity index is 2.09. The van der Waals surface area contributed by atoms with Gasteiger partial charge in [0.25, 0.3) is 10.0 Å². The van der Waals surface area contributed by atoms with E-state index >= 15 is 0 Å². The second-order valence-electron chi connectivity index (χ2n) is 10.1. The van der Waals surface area contributed by atoms with Gasteiger partial charge in [0.05, 0.1) is 10.6 Å². The number of nitrogens with one attached hydrogen (secondary N) is 1. The van der Waals surface area contributed by atoms with Gasteiger partial charge in [0.15, 0.2) is 0 Å². The zero-order chi connectivity index (χ0) is 28.9. The highest BCUT2D eigenvalue weighted by Crippen LogP contribution is 2.29. The summed E-state index contributed by atoms with van der Waals surface area (Å²) in [6.45, 7) is 10.4. The number of rotatable bonds is 10. The van der Waals surface area contributed by atoms with Crippen LogP contribution in [0.3, 0.4) is 0 Å². The minimum absolute atomic E-state index is 0.0381. The molecule has 0 bridgehead atoms. The smallest absolute Gasteiger partial charge is 0.264 e. The summed E-state index contributed by atoms with van der Waals surface area (Å²) in [5.41, 5.74) is 3.52. The first-order valence-corrected chi connectivity index (χ1v) is 14.6. The molecule has 2 amide bonds. The van der Waals surface area contributed by atoms with Crippen molar-refractivity contribution in [2.24, 2.45) is 0 Å². The van der Waals surface area contributed by atoms with E-state index in [-0.39, 0.29) is 23.4 Å². The summed E-state index contributed by atoms with van der Waals surface area (Å²) >= 11 is 6.40. The van der Waals surface area contributed by atoms with E-state index in [9.17, 15) is 18.0 Å². The molecule has 0 saturated carbocycles. The van der Waals surface area contributed by atoms with E-state index in [4.69, 9.17) is 11.6 Å². The molecule has 1 atom stereocenters. The minimum atomic E-state index is -4.13. The lowest BCUT2D eigenvalue weighted by Gasteiger charge is -2.33. The lowest BCUT2D eigenvalue weighted by Crippen LogP contribution is -2.52. The average Bonchev–Trinajstić information content (AvgIpc) is 2.87. The van der Waals surface area contributed by atoms with Crippen LogP contribution in [0.1, 0.15) is 43.0 Å². The van der Waals surface area contributed by atoms with Gasteiger partial charge < -0.3 is 10.2 Å². The van der Waals surface area contributed by atoms with Crippen LogP contribution in [0.2, 0.25) is 5.02 Å². The molecular formula is C30H36ClN3O4S. The van der Waals surface area contributed by atoms with Gasteiger partial charge in [0, 0.05) is 17.6 Å². The number of carbonyl (C=O) groups excluding carboxylic acids is 2. The lowest BCUT2D eigenvalue weighted by atomic mass is 10.1. The number of aryl methyl sites for hydroxylation is 3. The van der Waals surface area contributed by atoms with Gasteiger partial charge in [-0.25, -0.2) is 8.42 Å². The Labute approximate surface area is 236 Å². The first-order valence-electron chi connectivity index (χ1n) is 12.8. The van der Waals surface area contributed by atoms with Crippen LogP contribution in [0.25, 0.3) is 0 Å². The maximum absolute atomic E-state index is 14.0. The minimum Gasteiger partial charge on any atom is -0.352 e. The molecule has 0 saturated heterocycles. The van der Waals surface area contributed by atoms with Crippen molar-refractivity contribution in [1.82, 2.24) is 10.2 Å². The zero-order valence-corrected chi connectivity index (χ0v) is 24.8. The fraction of sp³-hybridized carbons (Fsp3) is 0.333. The SMILES string of the molecule is Cc1ccc(S(=O)(=O)N(CC(=O)N(Cc2ccccc2Cl)[C@H](C)C(=O)NC(C)C)c2cc(C)ccc2C)cc1. The van der Waals surface area contributed by atoms with E-state index in [2.05, 4.69) is 5.32 Å². The molecule has 1 N–H and O–H groups in total. The molecule has 208 valence electrons. The first-order chi connectivity index (χ1) is 18.3. The summed E-state index contributed by atoms with van der Waals surface area (Å²) in [5, 5.41) is 3.29. The number of anilines is 1. The van der Waals surface area contributed by atoms with Crippen LogP contribution >= 0.6 is 11.6 Å². The van der Waals surface area contributed by atoms with Gasteiger partial charge in [0.1, 0.15) is 12.6 Å². The van der Waals surface area contributed by atoms with E-state index in [1.807, 2.05) is 39.8 Å². The van der Waals surface area contributed by atoms with Crippen LogP contribution < -0.4 is 9.62 Å². The molecule has 3 rings (SSSR count). The number of hydrogen-bond donors (Lipinski definition) is 1. The monoisotopic (exact) mass is 569 g/mol. The topological polar surface area (TPSA) is 86.8 Å². The molecule has 0 aromatic heterocycles. The van der Waals surface area contributed by atoms with Crippen molar-refractivity contribution in [3.8, 4) is 0 Å². The van der Waals surface area contributed by atoms with E-state index < -0.39 is 28.5 Å². The predicted molar refractivity (Wildman–Crippen MR) is 156 cm³/mol. The third kappa shape index (κ3) is 7.40. The van der Waals surface area contributed by atoms with Gasteiger partial charge >= 0.3 is 0 Å². The van der Waals surface area contributed by atoms with Crippen LogP contribution in [0.4, 0.5) is 5.69 Å². The summed E-state index contributed by atoms with van der Waals surface area (Å²) in [6, 6.07) is 18.0. The fourth-order valence-corrected chi connectivity index (χ4v) is 5.80. The summed E-state index contributed by atoms with van der Waals surface area (Å²) in [7, 11) is -4.13. The molecule has 0 fully saturated rings. The van der Waals surface area contributed by atoms with Crippen LogP contribution in [-0.2, 0) is 26.2 Å². The molecule has 0 heterocycles. The van der Waals surface area contributed by atoms with E-state index in [1.54, 1.807) is 56.3 Å². The highest BCUT2D eigenvalue weighted by molar-refractivity contribution is 7.92. The molecule has 0 aliphatic carbocycles.